The zero-order valence-electron chi connectivity index (χ0n) is 15.5. The predicted molar refractivity (Wildman–Crippen MR) is 93.8 cm³/mol. The number of hydrogen-bond donors (Lipinski definition) is 0. The first-order valence-electron chi connectivity index (χ1n) is 8.45. The van der Waals surface area contributed by atoms with Gasteiger partial charge < -0.3 is 4.74 Å². The predicted octanol–water partition coefficient (Wildman–Crippen LogP) is 5.08. The maximum Gasteiger partial charge on any atom is 0.313 e. The van der Waals surface area contributed by atoms with Crippen LogP contribution in [0.2, 0.25) is 0 Å². The van der Waals surface area contributed by atoms with E-state index in [2.05, 4.69) is 53.7 Å². The molecular weight excluding hydrogens is 288 g/mol. The second-order valence-corrected chi connectivity index (χ2v) is 7.18. The van der Waals surface area contributed by atoms with Crippen molar-refractivity contribution in [2.45, 2.75) is 79.2 Å². The molecule has 0 spiro atoms. The monoisotopic (exact) mass is 318 g/mol. The topological polar surface area (TPSA) is 43.4 Å². The largest absolute Gasteiger partial charge is 0.460 e. The molecule has 23 heavy (non-hydrogen) atoms. The van der Waals surface area contributed by atoms with Crippen molar-refractivity contribution >= 4 is 11.8 Å². The molecule has 0 bridgehead atoms. The molecule has 0 atom stereocenters. The number of hydrogen-bond acceptors (Lipinski definition) is 3. The maximum atomic E-state index is 11.7. The number of esters is 1. The molecule has 3 heteroatoms. The van der Waals surface area contributed by atoms with Gasteiger partial charge in [0.1, 0.15) is 18.8 Å². The van der Waals surface area contributed by atoms with Crippen molar-refractivity contribution in [3.63, 3.8) is 0 Å². The Morgan fingerprint density at radius 2 is 1.39 bits per heavy atom. The minimum Gasteiger partial charge on any atom is -0.460 e. The normalized spacial score (nSPS) is 11.4. The quantitative estimate of drug-likeness (QED) is 0.520. The van der Waals surface area contributed by atoms with Gasteiger partial charge in [0.2, 0.25) is 0 Å². The number of ketones is 1. The fourth-order valence-corrected chi connectivity index (χ4v) is 2.68. The van der Waals surface area contributed by atoms with Gasteiger partial charge in [-0.05, 0) is 46.9 Å². The number of carbonyl (C=O) groups is 2. The molecule has 1 rings (SSSR count). The van der Waals surface area contributed by atoms with E-state index < -0.39 is 5.97 Å². The first kappa shape index (κ1) is 19.4. The molecule has 0 fully saturated rings. The molecule has 0 amide bonds. The fraction of sp³-hybridized carbons (Fsp3) is 0.600. The summed E-state index contributed by atoms with van der Waals surface area (Å²) in [4.78, 5) is 22.8. The van der Waals surface area contributed by atoms with Gasteiger partial charge in [-0.2, -0.15) is 0 Å². The third-order valence-corrected chi connectivity index (χ3v) is 4.02. The van der Waals surface area contributed by atoms with Gasteiger partial charge in [0.05, 0.1) is 0 Å². The molecule has 1 aromatic rings. The Kier molecular flexibility index (Phi) is 6.99. The highest BCUT2D eigenvalue weighted by Gasteiger charge is 2.18. The summed E-state index contributed by atoms with van der Waals surface area (Å²) >= 11 is 0. The Balaban J connectivity index is 3.21. The van der Waals surface area contributed by atoms with E-state index in [0.717, 1.165) is 5.56 Å². The van der Waals surface area contributed by atoms with Crippen LogP contribution in [0.5, 0.6) is 0 Å². The standard InChI is InChI=1S/C20H30O3/c1-12(2)16-9-17(13(3)4)19(18(10-16)14(5)6)11-23-20(22)8-15(7)21/h9-10,12-14H,8,11H2,1-7H3. The van der Waals surface area contributed by atoms with Crippen molar-refractivity contribution < 1.29 is 14.3 Å². The summed E-state index contributed by atoms with van der Waals surface area (Å²) in [7, 11) is 0. The summed E-state index contributed by atoms with van der Waals surface area (Å²) in [5.74, 6) is 0.549. The molecule has 0 unspecified atom stereocenters. The summed E-state index contributed by atoms with van der Waals surface area (Å²) in [6.45, 7) is 14.7. The number of benzene rings is 1. The van der Waals surface area contributed by atoms with Crippen LogP contribution in [-0.4, -0.2) is 11.8 Å². The van der Waals surface area contributed by atoms with Crippen molar-refractivity contribution in [2.24, 2.45) is 0 Å². The highest BCUT2D eigenvalue weighted by atomic mass is 16.5. The van der Waals surface area contributed by atoms with E-state index in [-0.39, 0.29) is 18.8 Å². The van der Waals surface area contributed by atoms with Crippen LogP contribution in [0.4, 0.5) is 0 Å². The van der Waals surface area contributed by atoms with Gasteiger partial charge in [0.15, 0.2) is 0 Å². The average molecular weight is 318 g/mol. The van der Waals surface area contributed by atoms with Gasteiger partial charge >= 0.3 is 5.97 Å². The molecule has 128 valence electrons. The van der Waals surface area contributed by atoms with Crippen LogP contribution in [0.15, 0.2) is 12.1 Å². The van der Waals surface area contributed by atoms with E-state index in [0.29, 0.717) is 17.8 Å². The lowest BCUT2D eigenvalue weighted by Crippen LogP contribution is -2.13. The molecule has 0 aliphatic carbocycles. The molecule has 1 aromatic carbocycles. The summed E-state index contributed by atoms with van der Waals surface area (Å²) in [5, 5.41) is 0. The molecule has 3 nitrogen and oxygen atoms in total. The molecule has 0 saturated carbocycles. The third-order valence-electron chi connectivity index (χ3n) is 4.02. The van der Waals surface area contributed by atoms with Gasteiger partial charge in [-0.25, -0.2) is 0 Å². The van der Waals surface area contributed by atoms with Crippen molar-refractivity contribution in [3.8, 4) is 0 Å². The third kappa shape index (κ3) is 5.49. The highest BCUT2D eigenvalue weighted by molar-refractivity contribution is 5.94. The molecule has 0 aromatic heterocycles. The Morgan fingerprint density at radius 1 is 0.913 bits per heavy atom. The van der Waals surface area contributed by atoms with E-state index in [4.69, 9.17) is 4.74 Å². The second-order valence-electron chi connectivity index (χ2n) is 7.18. The minimum atomic E-state index is -0.449. The maximum absolute atomic E-state index is 11.7. The molecule has 0 aliphatic heterocycles. The van der Waals surface area contributed by atoms with Crippen LogP contribution >= 0.6 is 0 Å². The van der Waals surface area contributed by atoms with Crippen molar-refractivity contribution in [2.75, 3.05) is 0 Å². The van der Waals surface area contributed by atoms with E-state index in [1.807, 2.05) is 0 Å². The number of carbonyl (C=O) groups excluding carboxylic acids is 2. The summed E-state index contributed by atoms with van der Waals surface area (Å²) in [6, 6.07) is 4.46. The second kappa shape index (κ2) is 8.28. The van der Waals surface area contributed by atoms with Crippen LogP contribution in [0.3, 0.4) is 0 Å². The Hall–Kier alpha value is -1.64. The lowest BCUT2D eigenvalue weighted by atomic mass is 9.85. The zero-order valence-corrected chi connectivity index (χ0v) is 15.5. The molecular formula is C20H30O3. The summed E-state index contributed by atoms with van der Waals surface area (Å²) in [6.07, 6.45) is -0.155. The Morgan fingerprint density at radius 3 is 1.74 bits per heavy atom. The Labute approximate surface area is 140 Å². The lowest BCUT2D eigenvalue weighted by molar-refractivity contribution is -0.146. The van der Waals surface area contributed by atoms with Crippen molar-refractivity contribution in [1.29, 1.82) is 0 Å². The first-order valence-corrected chi connectivity index (χ1v) is 8.45. The molecule has 0 heterocycles. The van der Waals surface area contributed by atoms with E-state index in [1.165, 1.54) is 23.6 Å². The zero-order chi connectivity index (χ0) is 17.7. The average Bonchev–Trinajstić information content (AvgIpc) is 2.42. The van der Waals surface area contributed by atoms with Crippen LogP contribution in [0, 0.1) is 0 Å². The summed E-state index contributed by atoms with van der Waals surface area (Å²) in [5.41, 5.74) is 4.87. The first-order chi connectivity index (χ1) is 10.6. The SMILES string of the molecule is CC(=O)CC(=O)OCc1c(C(C)C)cc(C(C)C)cc1C(C)C. The van der Waals surface area contributed by atoms with Crippen LogP contribution in [-0.2, 0) is 20.9 Å². The number of ether oxygens (including phenoxy) is 1. The van der Waals surface area contributed by atoms with E-state index in [1.54, 1.807) is 0 Å². The number of rotatable bonds is 7. The minimum absolute atomic E-state index is 0.155. The molecule has 0 saturated heterocycles. The smallest absolute Gasteiger partial charge is 0.313 e. The van der Waals surface area contributed by atoms with Crippen molar-refractivity contribution in [3.05, 3.63) is 34.4 Å². The van der Waals surface area contributed by atoms with Crippen LogP contribution in [0.1, 0.15) is 94.9 Å². The van der Waals surface area contributed by atoms with E-state index >= 15 is 0 Å². The lowest BCUT2D eigenvalue weighted by Gasteiger charge is -2.22. The van der Waals surface area contributed by atoms with Gasteiger partial charge in [0.25, 0.3) is 0 Å². The van der Waals surface area contributed by atoms with E-state index in [9.17, 15) is 9.59 Å². The van der Waals surface area contributed by atoms with Gasteiger partial charge in [-0.1, -0.05) is 53.7 Å². The molecule has 0 N–H and O–H groups in total. The highest BCUT2D eigenvalue weighted by Crippen LogP contribution is 2.32. The van der Waals surface area contributed by atoms with Gasteiger partial charge in [0, 0.05) is 0 Å². The van der Waals surface area contributed by atoms with Crippen molar-refractivity contribution in [1.82, 2.24) is 0 Å². The van der Waals surface area contributed by atoms with Gasteiger partial charge in [-0.3, -0.25) is 9.59 Å². The summed E-state index contributed by atoms with van der Waals surface area (Å²) < 4.78 is 5.36. The Bertz CT molecular complexity index is 539. The van der Waals surface area contributed by atoms with Crippen LogP contribution < -0.4 is 0 Å². The fourth-order valence-electron chi connectivity index (χ4n) is 2.68. The van der Waals surface area contributed by atoms with Gasteiger partial charge in [-0.15, -0.1) is 0 Å². The van der Waals surface area contributed by atoms with Crippen LogP contribution in [0.25, 0.3) is 0 Å². The molecule has 0 radical (unpaired) electrons. The molecule has 0 aliphatic rings. The number of Topliss-reactive ketones (excluding diaryl/α,β-unsaturated/α-hetero) is 1.